The molecular weight excluding hydrogens is 897 g/mol. The first-order chi connectivity index (χ1) is 31.7. The highest BCUT2D eigenvalue weighted by Gasteiger charge is 2.36. The van der Waals surface area contributed by atoms with E-state index in [1.165, 1.54) is 32.2 Å². The van der Waals surface area contributed by atoms with E-state index in [1.54, 1.807) is 26.2 Å². The summed E-state index contributed by atoms with van der Waals surface area (Å²) in [7, 11) is 0.311. The molecule has 2 aromatic heterocycles. The lowest BCUT2D eigenvalue weighted by Crippen LogP contribution is -2.42. The molecule has 0 radical (unpaired) electrons. The number of rotatable bonds is 15. The lowest BCUT2D eigenvalue weighted by atomic mass is 9.98. The second-order valence-corrected chi connectivity index (χ2v) is 21.0. The molecule has 1 amide bonds. The van der Waals surface area contributed by atoms with Gasteiger partial charge in [0.1, 0.15) is 27.7 Å². The van der Waals surface area contributed by atoms with Crippen LogP contribution >= 0.6 is 23.1 Å². The van der Waals surface area contributed by atoms with Crippen LogP contribution in [0.15, 0.2) is 113 Å². The molecular formula is C48H52N8O7S3. The normalized spacial score (nSPS) is 13.6. The van der Waals surface area contributed by atoms with Gasteiger partial charge in [-0.05, 0) is 110 Å². The van der Waals surface area contributed by atoms with E-state index in [0.717, 1.165) is 21.4 Å². The smallest absolute Gasteiger partial charge is 0.410 e. The van der Waals surface area contributed by atoms with Gasteiger partial charge in [0.05, 0.1) is 43.7 Å². The largest absolute Gasteiger partial charge is 0.497 e. The molecule has 18 heteroatoms. The van der Waals surface area contributed by atoms with Gasteiger partial charge in [0.15, 0.2) is 5.13 Å². The molecule has 7 aromatic rings. The number of para-hydroxylation sites is 1. The summed E-state index contributed by atoms with van der Waals surface area (Å²) >= 11 is 2.82. The minimum absolute atomic E-state index is 0.0240. The molecule has 0 saturated carbocycles. The van der Waals surface area contributed by atoms with Gasteiger partial charge in [-0.25, -0.2) is 18.2 Å². The van der Waals surface area contributed by atoms with Crippen LogP contribution in [0.2, 0.25) is 0 Å². The number of ether oxygens (including phenoxy) is 4. The second kappa shape index (κ2) is 19.7. The maximum absolute atomic E-state index is 16.2. The predicted octanol–water partition coefficient (Wildman–Crippen LogP) is 9.16. The molecule has 5 aromatic carbocycles. The average Bonchev–Trinajstić information content (AvgIpc) is 3.94. The van der Waals surface area contributed by atoms with Gasteiger partial charge in [0, 0.05) is 41.9 Å². The number of nitrogens with two attached hydrogens (primary N) is 1. The molecule has 0 bridgehead atoms. The van der Waals surface area contributed by atoms with Crippen molar-refractivity contribution in [2.75, 3.05) is 40.2 Å². The number of hydrogen-bond acceptors (Lipinski definition) is 14. The Balaban J connectivity index is 1.31. The van der Waals surface area contributed by atoms with Gasteiger partial charge in [-0.15, -0.1) is 22.0 Å². The lowest BCUT2D eigenvalue weighted by Gasteiger charge is -2.33. The summed E-state index contributed by atoms with van der Waals surface area (Å²) in [5, 5.41) is 14.3. The maximum atomic E-state index is 16.2. The fourth-order valence-electron chi connectivity index (χ4n) is 7.73. The van der Waals surface area contributed by atoms with Gasteiger partial charge in [0.25, 0.3) is 0 Å². The summed E-state index contributed by atoms with van der Waals surface area (Å²) in [5.41, 5.74) is 10.2. The minimum atomic E-state index is -4.48. The van der Waals surface area contributed by atoms with E-state index in [-0.39, 0.29) is 47.3 Å². The van der Waals surface area contributed by atoms with Crippen molar-refractivity contribution >= 4 is 54.6 Å². The number of piperidine rings is 1. The van der Waals surface area contributed by atoms with E-state index in [0.29, 0.717) is 69.9 Å². The lowest BCUT2D eigenvalue weighted by molar-refractivity contribution is 0.0219. The zero-order valence-electron chi connectivity index (χ0n) is 37.6. The zero-order valence-corrected chi connectivity index (χ0v) is 40.1. The third-order valence-corrected chi connectivity index (χ3v) is 15.3. The summed E-state index contributed by atoms with van der Waals surface area (Å²) in [5.74, 6) is 2.13. The molecule has 1 aliphatic rings. The molecule has 0 aliphatic carbocycles. The molecule has 1 saturated heterocycles. The van der Waals surface area contributed by atoms with Crippen molar-refractivity contribution in [1.29, 1.82) is 0 Å². The Morgan fingerprint density at radius 3 is 1.94 bits per heavy atom. The van der Waals surface area contributed by atoms with Crippen LogP contribution in [0.3, 0.4) is 0 Å². The van der Waals surface area contributed by atoms with E-state index in [4.69, 9.17) is 34.8 Å². The molecule has 344 valence electrons. The molecule has 3 heterocycles. The van der Waals surface area contributed by atoms with Crippen molar-refractivity contribution in [3.63, 3.8) is 0 Å². The highest BCUT2D eigenvalue weighted by Crippen LogP contribution is 2.46. The molecule has 8 rings (SSSR count). The Bertz CT molecular complexity index is 2860. The fraction of sp³-hybridized carbons (Fsp3) is 0.312. The third kappa shape index (κ3) is 10.6. The molecule has 1 aliphatic heterocycles. The number of carbonyl (C=O) groups is 1. The number of tetrazole rings is 1. The van der Waals surface area contributed by atoms with Crippen LogP contribution in [-0.2, 0) is 34.4 Å². The van der Waals surface area contributed by atoms with Crippen molar-refractivity contribution in [2.45, 2.75) is 73.9 Å². The topological polar surface area (TPSA) is 177 Å². The molecule has 0 spiro atoms. The predicted molar refractivity (Wildman–Crippen MR) is 257 cm³/mol. The molecule has 0 unspecified atom stereocenters. The van der Waals surface area contributed by atoms with Crippen molar-refractivity contribution in [1.82, 2.24) is 34.4 Å². The number of nitrogens with zero attached hydrogens (tertiary/aromatic N) is 7. The van der Waals surface area contributed by atoms with Crippen LogP contribution < -0.4 is 19.9 Å². The first kappa shape index (κ1) is 46.3. The van der Waals surface area contributed by atoms with Crippen LogP contribution in [-0.4, -0.2) is 94.2 Å². The van der Waals surface area contributed by atoms with Gasteiger partial charge in [0.2, 0.25) is 15.8 Å². The van der Waals surface area contributed by atoms with Crippen LogP contribution in [0, 0.1) is 0 Å². The van der Waals surface area contributed by atoms with Crippen molar-refractivity contribution in [3.05, 3.63) is 120 Å². The monoisotopic (exact) mass is 948 g/mol. The first-order valence-corrected chi connectivity index (χ1v) is 24.5. The summed E-state index contributed by atoms with van der Waals surface area (Å²) in [6.45, 7) is 6.76. The number of carbonyl (C=O) groups excluding carboxylic acids is 1. The van der Waals surface area contributed by atoms with Gasteiger partial charge in [-0.2, -0.15) is 9.10 Å². The number of nitrogen functional groups attached to an aromatic ring is 1. The number of likely N-dealkylation sites (tertiary alicyclic amines) is 1. The van der Waals surface area contributed by atoms with Gasteiger partial charge < -0.3 is 29.6 Å². The van der Waals surface area contributed by atoms with Gasteiger partial charge in [-0.3, -0.25) is 0 Å². The van der Waals surface area contributed by atoms with Crippen molar-refractivity contribution in [2.24, 2.45) is 0 Å². The Morgan fingerprint density at radius 1 is 0.803 bits per heavy atom. The number of anilines is 1. The molecule has 66 heavy (non-hydrogen) atoms. The van der Waals surface area contributed by atoms with Crippen LogP contribution in [0.5, 0.6) is 17.2 Å². The number of hydrogen-bond donors (Lipinski definition) is 1. The maximum Gasteiger partial charge on any atom is 0.410 e. The van der Waals surface area contributed by atoms with Gasteiger partial charge in [-0.1, -0.05) is 65.9 Å². The third-order valence-electron chi connectivity index (χ3n) is 11.0. The van der Waals surface area contributed by atoms with E-state index in [2.05, 4.69) is 10.3 Å². The Kier molecular flexibility index (Phi) is 13.8. The van der Waals surface area contributed by atoms with Crippen LogP contribution in [0.1, 0.15) is 50.3 Å². The van der Waals surface area contributed by atoms with E-state index >= 15 is 8.42 Å². The van der Waals surface area contributed by atoms with Crippen LogP contribution in [0.4, 0.5) is 9.93 Å². The highest BCUT2D eigenvalue weighted by molar-refractivity contribution is 8.00. The minimum Gasteiger partial charge on any atom is -0.497 e. The summed E-state index contributed by atoms with van der Waals surface area (Å²) in [4.78, 5) is 21.5. The average molecular weight is 949 g/mol. The molecule has 2 N–H and O–H groups in total. The fourth-order valence-corrected chi connectivity index (χ4v) is 11.8. The van der Waals surface area contributed by atoms with E-state index in [1.807, 2.05) is 124 Å². The second-order valence-electron chi connectivity index (χ2n) is 16.8. The number of thiazole rings is 1. The Labute approximate surface area is 392 Å². The number of methoxy groups -OCH3 is 3. The Hall–Kier alpha value is -6.21. The molecule has 1 fully saturated rings. The summed E-state index contributed by atoms with van der Waals surface area (Å²) in [6.07, 6.45) is 0.847. The van der Waals surface area contributed by atoms with Crippen molar-refractivity contribution < 1.29 is 32.2 Å². The number of amides is 1. The molecule has 15 nitrogen and oxygen atoms in total. The zero-order chi connectivity index (χ0) is 46.6. The Morgan fingerprint density at radius 2 is 1.38 bits per heavy atom. The summed E-state index contributed by atoms with van der Waals surface area (Å²) < 4.78 is 56.7. The highest BCUT2D eigenvalue weighted by atomic mass is 32.2. The number of benzene rings is 5. The number of aromatic nitrogens is 5. The standard InChI is InChI=1S/C48H52N8O7S3/c1-48(2,3)63-47(57)54-26-24-37(25-27-54)64-41-23-22-38(39-8-7-9-40-43(39)50-46(49)65-40)42(45-51-53-56(52-45)30-33-14-20-36(62-6)21-15-33)44(41)66(58,59)55(28-31-10-16-34(60-4)17-11-31)29-32-12-18-35(61-5)19-13-32/h7-23,37H,24-30H2,1-6H3,(H2,49,50). The first-order valence-electron chi connectivity index (χ1n) is 21.4. The van der Waals surface area contributed by atoms with Gasteiger partial charge >= 0.3 is 6.09 Å². The van der Waals surface area contributed by atoms with E-state index < -0.39 is 15.6 Å². The SMILES string of the molecule is COc1ccc(CN(Cc2ccc(OC)cc2)S(=O)(=O)c2c(SC3CCN(C(=O)OC(C)(C)C)CC3)ccc(-c3cccc4sc(N)nc34)c2-c2nnn(Cc3ccc(OC)cc3)n2)cc1. The quantitative estimate of drug-likeness (QED) is 0.103. The summed E-state index contributed by atoms with van der Waals surface area (Å²) in [6, 6.07) is 31.8. The number of sulfonamides is 1. The molecule has 0 atom stereocenters. The van der Waals surface area contributed by atoms with Crippen molar-refractivity contribution in [3.8, 4) is 39.8 Å². The number of thioether (sulfide) groups is 1. The van der Waals surface area contributed by atoms with Crippen LogP contribution in [0.25, 0.3) is 32.7 Å². The number of fused-ring (bicyclic) bond motifs is 1. The van der Waals surface area contributed by atoms with E-state index in [9.17, 15) is 4.79 Å².